The molecule has 0 heterocycles. The van der Waals surface area contributed by atoms with E-state index in [9.17, 15) is 4.79 Å². The van der Waals surface area contributed by atoms with Crippen LogP contribution in [0.25, 0.3) is 0 Å². The largest absolute Gasteiger partial charge is 0.508 e. The first-order valence-corrected chi connectivity index (χ1v) is 4.62. The Kier molecular flexibility index (Phi) is 3.07. The number of phenolic OH excluding ortho intramolecular Hbond substituents is 1. The molecule has 0 aliphatic heterocycles. The Morgan fingerprint density at radius 3 is 2.69 bits per heavy atom. The normalized spacial score (nSPS) is 13.2. The van der Waals surface area contributed by atoms with Crippen molar-refractivity contribution in [2.75, 3.05) is 0 Å². The van der Waals surface area contributed by atoms with Gasteiger partial charge in [-0.3, -0.25) is 4.79 Å². The maximum atomic E-state index is 11.1. The zero-order valence-corrected chi connectivity index (χ0v) is 8.00. The lowest BCUT2D eigenvalue weighted by atomic mass is 10.1. The monoisotopic (exact) mass is 182 g/mol. The summed E-state index contributed by atoms with van der Waals surface area (Å²) in [6, 6.07) is 4.92. The summed E-state index contributed by atoms with van der Waals surface area (Å²) in [6.07, 6.45) is 1.38. The van der Waals surface area contributed by atoms with E-state index in [0.717, 1.165) is 17.5 Å². The highest BCUT2D eigenvalue weighted by atomic mass is 16.3. The number of benzene rings is 1. The van der Waals surface area contributed by atoms with Crippen molar-refractivity contribution in [3.05, 3.63) is 29.3 Å². The fourth-order valence-electron chi connectivity index (χ4n) is 1.44. The van der Waals surface area contributed by atoms with Crippen LogP contribution in [0.4, 0.5) is 0 Å². The van der Waals surface area contributed by atoms with Gasteiger partial charge in [0.05, 0.1) is 0 Å². The van der Waals surface area contributed by atoms with E-state index in [1.54, 1.807) is 18.2 Å². The summed E-state index contributed by atoms with van der Waals surface area (Å²) in [5.41, 5.74) is 1.76. The quantitative estimate of drug-likeness (QED) is 0.669. The molecule has 0 fully saturated rings. The van der Waals surface area contributed by atoms with Gasteiger partial charge in [0, 0.05) is 14.8 Å². The number of aromatic hydroxyl groups is 1. The van der Waals surface area contributed by atoms with E-state index in [1.807, 2.05) is 13.8 Å². The van der Waals surface area contributed by atoms with Gasteiger partial charge in [0.1, 0.15) is 5.75 Å². The number of rotatable bonds is 0. The average Bonchev–Trinajstić information content (AvgIpc) is 2.51. The van der Waals surface area contributed by atoms with Crippen LogP contribution >= 0.6 is 0 Å². The summed E-state index contributed by atoms with van der Waals surface area (Å²) in [5.74, 6) is 0.443. The van der Waals surface area contributed by atoms with Gasteiger partial charge in [-0.05, 0) is 30.2 Å². The molecule has 0 unspecified atom stereocenters. The maximum Gasteiger partial charge on any atom is 0.163 e. The van der Waals surface area contributed by atoms with Crippen LogP contribution in [0.15, 0.2) is 18.2 Å². The van der Waals surface area contributed by atoms with Crippen molar-refractivity contribution in [3.8, 4) is 5.75 Å². The molecule has 0 bridgehead atoms. The molecule has 1 aromatic carbocycles. The molecule has 1 aliphatic rings. The van der Waals surface area contributed by atoms with Gasteiger partial charge in [-0.15, -0.1) is 0 Å². The van der Waals surface area contributed by atoms with Crippen molar-refractivity contribution in [2.45, 2.75) is 26.7 Å². The Morgan fingerprint density at radius 2 is 2.00 bits per heavy atom. The van der Waals surface area contributed by atoms with E-state index < -0.39 is 0 Å². The summed E-state index contributed by atoms with van der Waals surface area (Å²) in [5, 5.41) is 9.07. The van der Waals surface area contributed by atoms with E-state index in [1.165, 1.54) is 0 Å². The molecule has 2 heteroatoms. The lowest BCUT2D eigenvalue weighted by Gasteiger charge is -1.96. The van der Waals surface area contributed by atoms with Crippen LogP contribution in [0.1, 0.15) is 39.0 Å². The molecule has 0 saturated heterocycles. The SMILES string of the molecule is CC.O=C1CCc2cc(O)ccc21.[HH].[HH]. The minimum Gasteiger partial charge on any atom is -0.508 e. The smallest absolute Gasteiger partial charge is 0.163 e. The maximum absolute atomic E-state index is 11.1. The third kappa shape index (κ3) is 1.89. The number of carbonyl (C=O) groups is 1. The van der Waals surface area contributed by atoms with E-state index >= 15 is 0 Å². The van der Waals surface area contributed by atoms with Crippen LogP contribution < -0.4 is 0 Å². The first-order valence-electron chi connectivity index (χ1n) is 4.62. The van der Waals surface area contributed by atoms with Crippen molar-refractivity contribution in [2.24, 2.45) is 0 Å². The number of Topliss-reactive ketones (excluding diaryl/α,β-unsaturated/α-hetero) is 1. The molecule has 2 rings (SSSR count). The van der Waals surface area contributed by atoms with Crippen LogP contribution in [0.2, 0.25) is 0 Å². The number of phenols is 1. The summed E-state index contributed by atoms with van der Waals surface area (Å²) in [4.78, 5) is 11.1. The van der Waals surface area contributed by atoms with Gasteiger partial charge < -0.3 is 5.11 Å². The predicted octanol–water partition coefficient (Wildman–Crippen LogP) is 3.04. The molecule has 1 aliphatic carbocycles. The molecule has 0 atom stereocenters. The molecule has 1 aromatic rings. The second-order valence-electron chi connectivity index (χ2n) is 2.76. The highest BCUT2D eigenvalue weighted by Crippen LogP contribution is 2.24. The number of aryl methyl sites for hydroxylation is 1. The third-order valence-corrected chi connectivity index (χ3v) is 2.01. The number of ketones is 1. The number of hydrogen-bond donors (Lipinski definition) is 1. The molecule has 1 N–H and O–H groups in total. The van der Waals surface area contributed by atoms with Crippen LogP contribution in [0.3, 0.4) is 0 Å². The topological polar surface area (TPSA) is 37.3 Å². The van der Waals surface area contributed by atoms with Crippen molar-refractivity contribution >= 4 is 5.78 Å². The van der Waals surface area contributed by atoms with E-state index in [2.05, 4.69) is 0 Å². The first kappa shape index (κ1) is 9.78. The molecule has 74 valence electrons. The molecular weight excluding hydrogens is 164 g/mol. The molecule has 13 heavy (non-hydrogen) atoms. The summed E-state index contributed by atoms with van der Waals surface area (Å²) >= 11 is 0. The minimum absolute atomic E-state index is 0. The Morgan fingerprint density at radius 1 is 1.31 bits per heavy atom. The standard InChI is InChI=1S/C9H8O2.C2H6.2H2/c10-7-2-3-8-6(5-7)1-4-9(8)11;1-2;;/h2-3,5,10H,1,4H2;1-2H3;2*1H. The lowest BCUT2D eigenvalue weighted by Crippen LogP contribution is -1.89. The lowest BCUT2D eigenvalue weighted by molar-refractivity contribution is 0.0994. The Balaban J connectivity index is 0. The predicted molar refractivity (Wildman–Crippen MR) is 56.3 cm³/mol. The Hall–Kier alpha value is -1.31. The minimum atomic E-state index is 0. The fraction of sp³-hybridized carbons (Fsp3) is 0.364. The van der Waals surface area contributed by atoms with Gasteiger partial charge in [-0.1, -0.05) is 13.8 Å². The number of fused-ring (bicyclic) bond motifs is 1. The van der Waals surface area contributed by atoms with Crippen LogP contribution in [0, 0.1) is 0 Å². The first-order chi connectivity index (χ1) is 6.27. The number of hydrogen-bond acceptors (Lipinski definition) is 2. The molecule has 0 saturated carbocycles. The Bertz CT molecular complexity index is 324. The fourth-order valence-corrected chi connectivity index (χ4v) is 1.44. The highest BCUT2D eigenvalue weighted by molar-refractivity contribution is 6.00. The second-order valence-corrected chi connectivity index (χ2v) is 2.76. The second kappa shape index (κ2) is 4.08. The van der Waals surface area contributed by atoms with Crippen LogP contribution in [-0.4, -0.2) is 10.9 Å². The third-order valence-electron chi connectivity index (χ3n) is 2.01. The summed E-state index contributed by atoms with van der Waals surface area (Å²) in [6.45, 7) is 4.00. The number of carbonyl (C=O) groups excluding carboxylic acids is 1. The van der Waals surface area contributed by atoms with Gasteiger partial charge in [0.2, 0.25) is 0 Å². The molecule has 0 aromatic heterocycles. The van der Waals surface area contributed by atoms with Crippen LogP contribution in [0.5, 0.6) is 5.75 Å². The van der Waals surface area contributed by atoms with E-state index in [4.69, 9.17) is 5.11 Å². The van der Waals surface area contributed by atoms with E-state index in [0.29, 0.717) is 6.42 Å². The van der Waals surface area contributed by atoms with Crippen molar-refractivity contribution in [1.82, 2.24) is 0 Å². The summed E-state index contributed by atoms with van der Waals surface area (Å²) < 4.78 is 0. The van der Waals surface area contributed by atoms with Gasteiger partial charge >= 0.3 is 0 Å². The van der Waals surface area contributed by atoms with Crippen molar-refractivity contribution < 1.29 is 12.8 Å². The van der Waals surface area contributed by atoms with E-state index in [-0.39, 0.29) is 14.4 Å². The molecule has 2 nitrogen and oxygen atoms in total. The average molecular weight is 182 g/mol. The van der Waals surface area contributed by atoms with Crippen LogP contribution in [-0.2, 0) is 6.42 Å². The summed E-state index contributed by atoms with van der Waals surface area (Å²) in [7, 11) is 0. The molecule has 0 spiro atoms. The zero-order chi connectivity index (χ0) is 9.84. The van der Waals surface area contributed by atoms with Gasteiger partial charge in [-0.25, -0.2) is 0 Å². The molecule has 0 radical (unpaired) electrons. The molecular formula is C11H18O2. The molecule has 0 amide bonds. The van der Waals surface area contributed by atoms with Gasteiger partial charge in [0.15, 0.2) is 5.78 Å². The van der Waals surface area contributed by atoms with Gasteiger partial charge in [0.25, 0.3) is 0 Å². The van der Waals surface area contributed by atoms with Crippen molar-refractivity contribution in [3.63, 3.8) is 0 Å². The Labute approximate surface area is 81.2 Å². The zero-order valence-electron chi connectivity index (χ0n) is 8.00. The highest BCUT2D eigenvalue weighted by Gasteiger charge is 2.18. The van der Waals surface area contributed by atoms with Crippen molar-refractivity contribution in [1.29, 1.82) is 0 Å². The van der Waals surface area contributed by atoms with Gasteiger partial charge in [-0.2, -0.15) is 0 Å².